The maximum atomic E-state index is 13.0. The summed E-state index contributed by atoms with van der Waals surface area (Å²) < 4.78 is 23.6. The van der Waals surface area contributed by atoms with Gasteiger partial charge in [0.05, 0.1) is 12.2 Å². The molecule has 2 aromatic heterocycles. The molecule has 0 radical (unpaired) electrons. The second-order valence-corrected chi connectivity index (χ2v) is 7.26. The van der Waals surface area contributed by atoms with Crippen LogP contribution in [0.2, 0.25) is 0 Å². The minimum atomic E-state index is -0.345. The van der Waals surface area contributed by atoms with E-state index in [9.17, 15) is 14.4 Å². The first-order valence-electron chi connectivity index (χ1n) is 8.63. The number of aryl methyl sites for hydroxylation is 1. The number of amides is 1. The van der Waals surface area contributed by atoms with Gasteiger partial charge in [0, 0.05) is 16.5 Å². The molecule has 0 spiro atoms. The van der Waals surface area contributed by atoms with Crippen molar-refractivity contribution in [3.05, 3.63) is 57.8 Å². The first-order chi connectivity index (χ1) is 13.5. The summed E-state index contributed by atoms with van der Waals surface area (Å²) in [6.07, 6.45) is 0.736. The maximum Gasteiger partial charge on any atom is 0.251 e. The Morgan fingerprint density at radius 3 is 2.82 bits per heavy atom. The van der Waals surface area contributed by atoms with Crippen LogP contribution < -0.4 is 5.32 Å². The van der Waals surface area contributed by atoms with E-state index in [1.807, 2.05) is 13.8 Å². The smallest absolute Gasteiger partial charge is 0.251 e. The summed E-state index contributed by atoms with van der Waals surface area (Å²) in [4.78, 5) is 13.1. The summed E-state index contributed by atoms with van der Waals surface area (Å²) in [7, 11) is 0. The molecule has 6 nitrogen and oxygen atoms in total. The number of hydrogen-bond acceptors (Lipinski definition) is 6. The van der Waals surface area contributed by atoms with Crippen molar-refractivity contribution in [1.82, 2.24) is 5.16 Å². The number of ether oxygens (including phenoxy) is 1. The van der Waals surface area contributed by atoms with Gasteiger partial charge in [-0.3, -0.25) is 4.79 Å². The largest absolute Gasteiger partial charge is 0.365 e. The summed E-state index contributed by atoms with van der Waals surface area (Å²) in [6.45, 7) is 3.82. The van der Waals surface area contributed by atoms with Crippen molar-refractivity contribution < 1.29 is 18.4 Å². The third-order valence-electron chi connectivity index (χ3n) is 4.10. The number of rotatable bonds is 7. The Labute approximate surface area is 165 Å². The number of nitrogens with one attached hydrogen (secondary N) is 1. The van der Waals surface area contributed by atoms with E-state index in [0.717, 1.165) is 16.9 Å². The molecule has 2 heterocycles. The van der Waals surface area contributed by atoms with Gasteiger partial charge in [0.15, 0.2) is 5.76 Å². The van der Waals surface area contributed by atoms with Crippen LogP contribution in [0.5, 0.6) is 0 Å². The molecule has 0 bridgehead atoms. The molecule has 0 aliphatic carbocycles. The SMILES string of the molecule is CCc1c(C)sc(NC(=O)COCc2cc(-c3ccc(F)cc3)on2)c1C#N. The molecule has 1 aromatic carbocycles. The molecule has 1 N–H and O–H groups in total. The van der Waals surface area contributed by atoms with Crippen molar-refractivity contribution in [1.29, 1.82) is 5.26 Å². The minimum Gasteiger partial charge on any atom is -0.365 e. The zero-order valence-electron chi connectivity index (χ0n) is 15.4. The molecule has 0 aliphatic rings. The molecule has 1 amide bonds. The number of anilines is 1. The molecule has 0 atom stereocenters. The molecule has 144 valence electrons. The van der Waals surface area contributed by atoms with Crippen molar-refractivity contribution in [2.24, 2.45) is 0 Å². The van der Waals surface area contributed by atoms with Crippen LogP contribution in [0.25, 0.3) is 11.3 Å². The number of carbonyl (C=O) groups is 1. The number of hydrogen-bond donors (Lipinski definition) is 1. The van der Waals surface area contributed by atoms with Crippen LogP contribution in [0, 0.1) is 24.1 Å². The number of benzene rings is 1. The summed E-state index contributed by atoms with van der Waals surface area (Å²) >= 11 is 1.39. The highest BCUT2D eigenvalue weighted by atomic mass is 32.1. The van der Waals surface area contributed by atoms with Crippen molar-refractivity contribution in [2.75, 3.05) is 11.9 Å². The van der Waals surface area contributed by atoms with Crippen LogP contribution in [0.4, 0.5) is 9.39 Å². The second-order valence-electron chi connectivity index (χ2n) is 6.04. The fourth-order valence-corrected chi connectivity index (χ4v) is 3.86. The predicted molar refractivity (Wildman–Crippen MR) is 103 cm³/mol. The summed E-state index contributed by atoms with van der Waals surface area (Å²) in [5.74, 6) is -0.185. The standard InChI is InChI=1S/C20H18FN3O3S/c1-3-16-12(2)28-20(17(16)9-22)23-19(25)11-26-10-15-8-18(27-24-15)13-4-6-14(21)7-5-13/h4-8H,3,10-11H2,1-2H3,(H,23,25). The normalized spacial score (nSPS) is 10.6. The van der Waals surface area contributed by atoms with E-state index in [-0.39, 0.29) is 24.9 Å². The molecule has 0 unspecified atom stereocenters. The highest BCUT2D eigenvalue weighted by Gasteiger charge is 2.16. The summed E-state index contributed by atoms with van der Waals surface area (Å²) in [5.41, 5.74) is 2.69. The molecule has 28 heavy (non-hydrogen) atoms. The molecule has 0 saturated heterocycles. The lowest BCUT2D eigenvalue weighted by atomic mass is 10.1. The van der Waals surface area contributed by atoms with Crippen LogP contribution in [-0.4, -0.2) is 17.7 Å². The fraction of sp³-hybridized carbons (Fsp3) is 0.250. The van der Waals surface area contributed by atoms with Crippen molar-refractivity contribution in [3.8, 4) is 17.4 Å². The Hall–Kier alpha value is -3.02. The van der Waals surface area contributed by atoms with Gasteiger partial charge in [-0.05, 0) is 43.2 Å². The van der Waals surface area contributed by atoms with E-state index in [1.54, 1.807) is 18.2 Å². The first-order valence-corrected chi connectivity index (χ1v) is 9.45. The third kappa shape index (κ3) is 4.44. The predicted octanol–water partition coefficient (Wildman–Crippen LogP) is 4.44. The van der Waals surface area contributed by atoms with Crippen LogP contribution in [0.15, 0.2) is 34.9 Å². The number of nitriles is 1. The van der Waals surface area contributed by atoms with Crippen molar-refractivity contribution in [2.45, 2.75) is 26.9 Å². The molecule has 3 aromatic rings. The van der Waals surface area contributed by atoms with E-state index in [0.29, 0.717) is 27.6 Å². The lowest BCUT2D eigenvalue weighted by Gasteiger charge is -2.04. The monoisotopic (exact) mass is 399 g/mol. The van der Waals surface area contributed by atoms with E-state index < -0.39 is 0 Å². The lowest BCUT2D eigenvalue weighted by Crippen LogP contribution is -2.18. The molecular weight excluding hydrogens is 381 g/mol. The molecule has 0 saturated carbocycles. The Morgan fingerprint density at radius 2 is 2.14 bits per heavy atom. The minimum absolute atomic E-state index is 0.0902. The van der Waals surface area contributed by atoms with Gasteiger partial charge in [0.2, 0.25) is 0 Å². The van der Waals surface area contributed by atoms with Crippen molar-refractivity contribution >= 4 is 22.2 Å². The zero-order valence-corrected chi connectivity index (χ0v) is 16.2. The fourth-order valence-electron chi connectivity index (χ4n) is 2.75. The van der Waals surface area contributed by atoms with Gasteiger partial charge < -0.3 is 14.6 Å². The average molecular weight is 399 g/mol. The summed E-state index contributed by atoms with van der Waals surface area (Å²) in [5, 5.41) is 16.5. The van der Waals surface area contributed by atoms with Gasteiger partial charge in [0.1, 0.15) is 29.2 Å². The maximum absolute atomic E-state index is 13.0. The number of thiophene rings is 1. The quantitative estimate of drug-likeness (QED) is 0.634. The zero-order chi connectivity index (χ0) is 20.1. The molecule has 0 fully saturated rings. The number of nitrogens with zero attached hydrogens (tertiary/aromatic N) is 2. The van der Waals surface area contributed by atoms with Crippen LogP contribution in [-0.2, 0) is 22.6 Å². The van der Waals surface area contributed by atoms with Crippen molar-refractivity contribution in [3.63, 3.8) is 0 Å². The molecule has 0 aliphatic heterocycles. The molecule has 3 rings (SSSR count). The second kappa shape index (κ2) is 8.78. The topological polar surface area (TPSA) is 88.2 Å². The average Bonchev–Trinajstić information content (AvgIpc) is 3.26. The highest BCUT2D eigenvalue weighted by molar-refractivity contribution is 7.16. The number of carbonyl (C=O) groups excluding carboxylic acids is 1. The van der Waals surface area contributed by atoms with E-state index >= 15 is 0 Å². The summed E-state index contributed by atoms with van der Waals surface area (Å²) in [6, 6.07) is 9.69. The first kappa shape index (κ1) is 19.7. The van der Waals surface area contributed by atoms with Gasteiger partial charge in [-0.2, -0.15) is 5.26 Å². The Bertz CT molecular complexity index is 1020. The van der Waals surface area contributed by atoms with Gasteiger partial charge in [0.25, 0.3) is 5.91 Å². The Balaban J connectivity index is 1.54. The third-order valence-corrected chi connectivity index (χ3v) is 5.16. The highest BCUT2D eigenvalue weighted by Crippen LogP contribution is 2.32. The van der Waals surface area contributed by atoms with Crippen LogP contribution in [0.1, 0.15) is 28.6 Å². The number of aromatic nitrogens is 1. The van der Waals surface area contributed by atoms with Gasteiger partial charge in [-0.25, -0.2) is 4.39 Å². The Kier molecular flexibility index (Phi) is 6.19. The van der Waals surface area contributed by atoms with Gasteiger partial charge >= 0.3 is 0 Å². The Morgan fingerprint density at radius 1 is 1.39 bits per heavy atom. The lowest BCUT2D eigenvalue weighted by molar-refractivity contribution is -0.121. The van der Waals surface area contributed by atoms with Crippen LogP contribution in [0.3, 0.4) is 0 Å². The van der Waals surface area contributed by atoms with Gasteiger partial charge in [-0.15, -0.1) is 11.3 Å². The molecule has 8 heteroatoms. The molecular formula is C20H18FN3O3S. The van der Waals surface area contributed by atoms with E-state index in [4.69, 9.17) is 9.26 Å². The van der Waals surface area contributed by atoms with E-state index in [1.165, 1.54) is 23.5 Å². The van der Waals surface area contributed by atoms with Crippen LogP contribution >= 0.6 is 11.3 Å². The van der Waals surface area contributed by atoms with Gasteiger partial charge in [-0.1, -0.05) is 12.1 Å². The number of halogens is 1. The van der Waals surface area contributed by atoms with E-state index in [2.05, 4.69) is 16.5 Å².